The van der Waals surface area contributed by atoms with Gasteiger partial charge in [0, 0.05) is 30.0 Å². The zero-order valence-corrected chi connectivity index (χ0v) is 18.2. The van der Waals surface area contributed by atoms with Crippen molar-refractivity contribution >= 4 is 29.2 Å². The maximum Gasteiger partial charge on any atom is 0.245 e. The molecule has 28 heavy (non-hydrogen) atoms. The third kappa shape index (κ3) is 5.83. The number of halogens is 1. The Balaban J connectivity index is 2.24. The van der Waals surface area contributed by atoms with Crippen LogP contribution in [0.1, 0.15) is 46.7 Å². The van der Waals surface area contributed by atoms with E-state index in [0.717, 1.165) is 11.4 Å². The second kappa shape index (κ2) is 8.78. The van der Waals surface area contributed by atoms with Crippen LogP contribution in [0, 0.1) is 5.92 Å². The third-order valence-corrected chi connectivity index (χ3v) is 4.46. The third-order valence-electron chi connectivity index (χ3n) is 4.21. The molecule has 0 atom stereocenters. The topological polar surface area (TPSA) is 67.2 Å². The van der Waals surface area contributed by atoms with E-state index in [9.17, 15) is 9.59 Å². The van der Waals surface area contributed by atoms with Gasteiger partial charge in [0.1, 0.15) is 5.82 Å². The number of hydrogen-bond donors (Lipinski definition) is 1. The van der Waals surface area contributed by atoms with Gasteiger partial charge >= 0.3 is 0 Å². The number of rotatable bonds is 6. The van der Waals surface area contributed by atoms with E-state index in [-0.39, 0.29) is 29.7 Å². The molecule has 0 aliphatic carbocycles. The van der Waals surface area contributed by atoms with Crippen LogP contribution in [-0.2, 0) is 15.0 Å². The molecule has 2 amide bonds. The first-order valence-corrected chi connectivity index (χ1v) is 9.75. The fourth-order valence-electron chi connectivity index (χ4n) is 2.61. The monoisotopic (exact) mass is 404 g/mol. The van der Waals surface area contributed by atoms with E-state index < -0.39 is 0 Å². The van der Waals surface area contributed by atoms with Crippen molar-refractivity contribution in [2.45, 2.75) is 46.5 Å². The molecule has 0 spiro atoms. The molecule has 0 aliphatic rings. The molecule has 0 aliphatic heterocycles. The van der Waals surface area contributed by atoms with Crippen LogP contribution in [0.4, 0.5) is 5.82 Å². The van der Waals surface area contributed by atoms with E-state index in [1.165, 1.54) is 4.90 Å². The molecule has 0 radical (unpaired) electrons. The summed E-state index contributed by atoms with van der Waals surface area (Å²) in [6, 6.07) is 9.10. The Labute approximate surface area is 171 Å². The molecule has 2 aromatic rings. The fraction of sp³-hybridized carbons (Fsp3) is 0.476. The molecule has 1 aromatic heterocycles. The minimum atomic E-state index is -0.268. The van der Waals surface area contributed by atoms with E-state index in [4.69, 9.17) is 11.6 Å². The van der Waals surface area contributed by atoms with E-state index in [2.05, 4.69) is 31.2 Å². The Morgan fingerprint density at radius 2 is 1.82 bits per heavy atom. The predicted molar refractivity (Wildman–Crippen MR) is 113 cm³/mol. The van der Waals surface area contributed by atoms with Crippen LogP contribution in [0.2, 0.25) is 5.02 Å². The number of carbonyl (C=O) groups is 2. The summed E-state index contributed by atoms with van der Waals surface area (Å²) < 4.78 is 1.69. The van der Waals surface area contributed by atoms with Gasteiger partial charge in [0.25, 0.3) is 0 Å². The summed E-state index contributed by atoms with van der Waals surface area (Å²) in [5.74, 6) is 0.488. The van der Waals surface area contributed by atoms with E-state index in [0.29, 0.717) is 17.3 Å². The zero-order valence-electron chi connectivity index (χ0n) is 17.4. The van der Waals surface area contributed by atoms with Gasteiger partial charge in [-0.3, -0.25) is 9.59 Å². The van der Waals surface area contributed by atoms with Crippen LogP contribution in [0.3, 0.4) is 0 Å². The van der Waals surface area contributed by atoms with Crippen molar-refractivity contribution < 1.29 is 9.59 Å². The van der Waals surface area contributed by atoms with Crippen molar-refractivity contribution in [3.05, 3.63) is 41.0 Å². The second-order valence-electron chi connectivity index (χ2n) is 8.45. The molecule has 0 saturated heterocycles. The van der Waals surface area contributed by atoms with Crippen molar-refractivity contribution in [2.24, 2.45) is 5.92 Å². The zero-order chi connectivity index (χ0) is 21.1. The second-order valence-corrected chi connectivity index (χ2v) is 8.89. The van der Waals surface area contributed by atoms with E-state index in [1.54, 1.807) is 23.9 Å². The lowest BCUT2D eigenvalue weighted by atomic mass is 9.92. The molecule has 1 heterocycles. The molecule has 6 nitrogen and oxygen atoms in total. The lowest BCUT2D eigenvalue weighted by Gasteiger charge is -2.18. The Bertz CT molecular complexity index is 835. The van der Waals surface area contributed by atoms with Crippen LogP contribution in [0.15, 0.2) is 30.3 Å². The van der Waals surface area contributed by atoms with Crippen molar-refractivity contribution in [3.8, 4) is 5.69 Å². The number of amides is 2. The number of benzene rings is 1. The normalized spacial score (nSPS) is 11.6. The summed E-state index contributed by atoms with van der Waals surface area (Å²) >= 11 is 5.99. The average Bonchev–Trinajstić information content (AvgIpc) is 2.98. The number of carbonyl (C=O) groups excluding carboxylic acids is 2. The molecule has 0 unspecified atom stereocenters. The molecule has 1 aromatic carbocycles. The highest BCUT2D eigenvalue weighted by atomic mass is 35.5. The van der Waals surface area contributed by atoms with Crippen LogP contribution in [0.25, 0.3) is 5.69 Å². The summed E-state index contributed by atoms with van der Waals surface area (Å²) in [6.07, 6.45) is 0.417. The summed E-state index contributed by atoms with van der Waals surface area (Å²) in [6.45, 7) is 10.1. The number of likely N-dealkylation sites (N-methyl/N-ethyl adjacent to an activating group) is 1. The first kappa shape index (κ1) is 22.0. The SMILES string of the molecule is CC(C)CC(=O)N(C)CC(=O)Nc1cc(C(C)(C)C)nn1-c1ccc(Cl)cc1. The van der Waals surface area contributed by atoms with Crippen molar-refractivity contribution in [1.82, 2.24) is 14.7 Å². The first-order valence-electron chi connectivity index (χ1n) is 9.37. The number of hydrogen-bond acceptors (Lipinski definition) is 3. The van der Waals surface area contributed by atoms with Crippen LogP contribution in [-0.4, -0.2) is 40.1 Å². The van der Waals surface area contributed by atoms with E-state index in [1.807, 2.05) is 32.0 Å². The van der Waals surface area contributed by atoms with E-state index >= 15 is 0 Å². The highest BCUT2D eigenvalue weighted by Crippen LogP contribution is 2.26. The summed E-state index contributed by atoms with van der Waals surface area (Å²) in [5.41, 5.74) is 1.46. The highest BCUT2D eigenvalue weighted by molar-refractivity contribution is 6.30. The maximum atomic E-state index is 12.5. The Kier molecular flexibility index (Phi) is 6.88. The van der Waals surface area contributed by atoms with Crippen LogP contribution in [0.5, 0.6) is 0 Å². The lowest BCUT2D eigenvalue weighted by molar-refractivity contribution is -0.133. The van der Waals surface area contributed by atoms with Gasteiger partial charge in [0.2, 0.25) is 11.8 Å². The standard InChI is InChI=1S/C21H29ClN4O2/c1-14(2)11-20(28)25(6)13-19(27)23-18-12-17(21(3,4)5)24-26(18)16-9-7-15(22)8-10-16/h7-10,12,14H,11,13H2,1-6H3,(H,23,27). The lowest BCUT2D eigenvalue weighted by Crippen LogP contribution is -2.35. The molecule has 1 N–H and O–H groups in total. The van der Waals surface area contributed by atoms with Gasteiger partial charge < -0.3 is 10.2 Å². The maximum absolute atomic E-state index is 12.5. The first-order chi connectivity index (χ1) is 13.0. The van der Waals surface area contributed by atoms with Crippen molar-refractivity contribution in [3.63, 3.8) is 0 Å². The predicted octanol–water partition coefficient (Wildman–Crippen LogP) is 4.27. The van der Waals surface area contributed by atoms with Gasteiger partial charge in [0.05, 0.1) is 17.9 Å². The van der Waals surface area contributed by atoms with Gasteiger partial charge in [0.15, 0.2) is 0 Å². The van der Waals surface area contributed by atoms with Gasteiger partial charge in [-0.1, -0.05) is 46.2 Å². The fourth-order valence-corrected chi connectivity index (χ4v) is 2.73. The summed E-state index contributed by atoms with van der Waals surface area (Å²) in [5, 5.41) is 8.18. The molecular formula is C21H29ClN4O2. The number of anilines is 1. The molecule has 2 rings (SSSR count). The Hall–Kier alpha value is -2.34. The largest absolute Gasteiger partial charge is 0.336 e. The number of nitrogens with zero attached hydrogens (tertiary/aromatic N) is 3. The minimum absolute atomic E-state index is 0.0117. The Morgan fingerprint density at radius 1 is 1.21 bits per heavy atom. The van der Waals surface area contributed by atoms with Crippen LogP contribution < -0.4 is 5.32 Å². The number of aromatic nitrogens is 2. The molecule has 152 valence electrons. The smallest absolute Gasteiger partial charge is 0.245 e. The van der Waals surface area contributed by atoms with Gasteiger partial charge in [-0.05, 0) is 30.2 Å². The van der Waals surface area contributed by atoms with Gasteiger partial charge in [-0.15, -0.1) is 0 Å². The number of nitrogens with one attached hydrogen (secondary N) is 1. The highest BCUT2D eigenvalue weighted by Gasteiger charge is 2.22. The average molecular weight is 405 g/mol. The van der Waals surface area contributed by atoms with Gasteiger partial charge in [-0.25, -0.2) is 4.68 Å². The molecule has 7 heteroatoms. The molecular weight excluding hydrogens is 376 g/mol. The Morgan fingerprint density at radius 3 is 2.36 bits per heavy atom. The molecule has 0 bridgehead atoms. The minimum Gasteiger partial charge on any atom is -0.336 e. The summed E-state index contributed by atoms with van der Waals surface area (Å²) in [4.78, 5) is 26.1. The quantitative estimate of drug-likeness (QED) is 0.781. The molecule has 0 saturated carbocycles. The van der Waals surface area contributed by atoms with Crippen molar-refractivity contribution in [2.75, 3.05) is 18.9 Å². The summed E-state index contributed by atoms with van der Waals surface area (Å²) in [7, 11) is 1.64. The molecule has 0 fully saturated rings. The van der Waals surface area contributed by atoms with Crippen molar-refractivity contribution in [1.29, 1.82) is 0 Å². The van der Waals surface area contributed by atoms with Crippen LogP contribution >= 0.6 is 11.6 Å². The van der Waals surface area contributed by atoms with Gasteiger partial charge in [-0.2, -0.15) is 5.10 Å².